The van der Waals surface area contributed by atoms with Crippen LogP contribution in [-0.2, 0) is 4.79 Å². The predicted molar refractivity (Wildman–Crippen MR) is 79.1 cm³/mol. The van der Waals surface area contributed by atoms with Crippen molar-refractivity contribution in [2.75, 3.05) is 7.11 Å². The monoisotopic (exact) mass is 291 g/mol. The average molecular weight is 291 g/mol. The Balaban J connectivity index is 2.04. The Labute approximate surface area is 118 Å². The van der Waals surface area contributed by atoms with Crippen molar-refractivity contribution in [1.82, 2.24) is 5.32 Å². The number of thioether (sulfide) groups is 1. The van der Waals surface area contributed by atoms with Gasteiger partial charge < -0.3 is 14.5 Å². The van der Waals surface area contributed by atoms with Gasteiger partial charge in [-0.15, -0.1) is 0 Å². The van der Waals surface area contributed by atoms with Crippen LogP contribution in [-0.4, -0.2) is 17.3 Å². The Hall–Kier alpha value is -1.79. The fraction of sp³-hybridized carbons (Fsp3) is 0.0769. The number of amides is 1. The Bertz CT molecular complexity index is 718. The second-order valence-electron chi connectivity index (χ2n) is 3.91. The molecule has 4 nitrogen and oxygen atoms in total. The molecule has 19 heavy (non-hydrogen) atoms. The molecule has 3 rings (SSSR count). The molecule has 1 aromatic heterocycles. The van der Waals surface area contributed by atoms with Crippen molar-refractivity contribution in [1.29, 1.82) is 0 Å². The molecule has 0 bridgehead atoms. The minimum Gasteiger partial charge on any atom is -0.497 e. The molecule has 1 amide bonds. The van der Waals surface area contributed by atoms with Crippen LogP contribution in [0.15, 0.2) is 33.8 Å². The first kappa shape index (κ1) is 12.3. The Morgan fingerprint density at radius 1 is 1.47 bits per heavy atom. The highest BCUT2D eigenvalue weighted by Crippen LogP contribution is 2.31. The van der Waals surface area contributed by atoms with Crippen LogP contribution in [0.3, 0.4) is 0 Å². The maximum atomic E-state index is 11.6. The number of methoxy groups -OCH3 is 1. The fourth-order valence-electron chi connectivity index (χ4n) is 1.83. The number of carbonyl (C=O) groups excluding carboxylic acids is 1. The van der Waals surface area contributed by atoms with Crippen LogP contribution < -0.4 is 10.1 Å². The van der Waals surface area contributed by atoms with Gasteiger partial charge in [0.05, 0.1) is 18.3 Å². The van der Waals surface area contributed by atoms with Crippen LogP contribution in [0.25, 0.3) is 16.8 Å². The first-order valence-electron chi connectivity index (χ1n) is 5.47. The van der Waals surface area contributed by atoms with Crippen molar-refractivity contribution in [2.45, 2.75) is 0 Å². The van der Waals surface area contributed by atoms with Crippen LogP contribution in [0.1, 0.15) is 5.76 Å². The van der Waals surface area contributed by atoms with E-state index in [0.717, 1.165) is 16.5 Å². The fourth-order valence-corrected chi connectivity index (χ4v) is 2.85. The summed E-state index contributed by atoms with van der Waals surface area (Å²) in [5, 5.41) is 4.43. The molecule has 0 aliphatic carbocycles. The molecular formula is C13H9NO3S2. The standard InChI is InChI=1S/C13H9NO3S2/c1-16-8-2-3-9-7(4-8)6-17-10(9)5-11-12(15)14-13(18)19-11/h2-6H,1H3,(H,14,15,18). The quantitative estimate of drug-likeness (QED) is 0.681. The van der Waals surface area contributed by atoms with Crippen LogP contribution in [0.4, 0.5) is 0 Å². The molecular weight excluding hydrogens is 282 g/mol. The van der Waals surface area contributed by atoms with Gasteiger partial charge in [-0.1, -0.05) is 24.0 Å². The molecule has 6 heteroatoms. The zero-order valence-corrected chi connectivity index (χ0v) is 11.6. The topological polar surface area (TPSA) is 51.5 Å². The second kappa shape index (κ2) is 4.71. The van der Waals surface area contributed by atoms with E-state index in [0.29, 0.717) is 15.0 Å². The van der Waals surface area contributed by atoms with Gasteiger partial charge in [0.1, 0.15) is 15.8 Å². The highest BCUT2D eigenvalue weighted by molar-refractivity contribution is 8.26. The van der Waals surface area contributed by atoms with Crippen molar-refractivity contribution in [3.8, 4) is 5.75 Å². The molecule has 1 N–H and O–H groups in total. The minimum atomic E-state index is -0.187. The van der Waals surface area contributed by atoms with Crippen molar-refractivity contribution < 1.29 is 13.9 Å². The lowest BCUT2D eigenvalue weighted by Crippen LogP contribution is -2.17. The highest BCUT2D eigenvalue weighted by atomic mass is 32.2. The summed E-state index contributed by atoms with van der Waals surface area (Å²) in [5.41, 5.74) is 0. The number of thiocarbonyl (C=S) groups is 1. The second-order valence-corrected chi connectivity index (χ2v) is 5.62. The number of nitrogens with one attached hydrogen (secondary N) is 1. The van der Waals surface area contributed by atoms with E-state index >= 15 is 0 Å². The predicted octanol–water partition coefficient (Wildman–Crippen LogP) is 2.93. The molecule has 0 spiro atoms. The minimum absolute atomic E-state index is 0.187. The summed E-state index contributed by atoms with van der Waals surface area (Å²) in [6.07, 6.45) is 3.34. The molecule has 1 fully saturated rings. The lowest BCUT2D eigenvalue weighted by Gasteiger charge is -1.98. The summed E-state index contributed by atoms with van der Waals surface area (Å²) in [4.78, 5) is 12.1. The van der Waals surface area contributed by atoms with E-state index in [1.54, 1.807) is 19.4 Å². The number of benzene rings is 1. The largest absolute Gasteiger partial charge is 0.497 e. The van der Waals surface area contributed by atoms with E-state index in [9.17, 15) is 4.79 Å². The summed E-state index contributed by atoms with van der Waals surface area (Å²) >= 11 is 6.18. The number of hydrogen-bond acceptors (Lipinski definition) is 5. The van der Waals surface area contributed by atoms with Gasteiger partial charge in [-0.25, -0.2) is 0 Å². The Morgan fingerprint density at radius 3 is 3.00 bits per heavy atom. The van der Waals surface area contributed by atoms with Crippen molar-refractivity contribution in [2.24, 2.45) is 0 Å². The van der Waals surface area contributed by atoms with Gasteiger partial charge in [-0.2, -0.15) is 0 Å². The molecule has 1 saturated heterocycles. The Morgan fingerprint density at radius 2 is 2.32 bits per heavy atom. The van der Waals surface area contributed by atoms with Gasteiger partial charge in [0.15, 0.2) is 0 Å². The third kappa shape index (κ3) is 2.24. The van der Waals surface area contributed by atoms with E-state index < -0.39 is 0 Å². The van der Waals surface area contributed by atoms with E-state index in [1.807, 2.05) is 18.2 Å². The summed E-state index contributed by atoms with van der Waals surface area (Å²) < 4.78 is 11.1. The van der Waals surface area contributed by atoms with E-state index in [2.05, 4.69) is 5.32 Å². The summed E-state index contributed by atoms with van der Waals surface area (Å²) in [6.45, 7) is 0. The van der Waals surface area contributed by atoms with Crippen molar-refractivity contribution in [3.05, 3.63) is 35.1 Å². The number of hydrogen-bond donors (Lipinski definition) is 1. The summed E-state index contributed by atoms with van der Waals surface area (Å²) in [5.74, 6) is 1.22. The lowest BCUT2D eigenvalue weighted by atomic mass is 10.1. The van der Waals surface area contributed by atoms with Crippen molar-refractivity contribution >= 4 is 51.1 Å². The van der Waals surface area contributed by atoms with E-state index in [-0.39, 0.29) is 5.91 Å². The Kier molecular flexibility index (Phi) is 3.04. The number of carbonyl (C=O) groups is 1. The first-order valence-corrected chi connectivity index (χ1v) is 6.70. The number of furan rings is 1. The van der Waals surface area contributed by atoms with Crippen LogP contribution in [0.2, 0.25) is 0 Å². The van der Waals surface area contributed by atoms with Gasteiger partial charge >= 0.3 is 0 Å². The van der Waals surface area contributed by atoms with E-state index in [1.165, 1.54) is 11.8 Å². The zero-order valence-electron chi connectivity index (χ0n) is 9.93. The number of ether oxygens (including phenoxy) is 1. The van der Waals surface area contributed by atoms with Crippen LogP contribution in [0, 0.1) is 0 Å². The molecule has 1 aromatic carbocycles. The average Bonchev–Trinajstić information content (AvgIpc) is 2.93. The van der Waals surface area contributed by atoms with Gasteiger partial charge in [0.2, 0.25) is 0 Å². The summed E-state index contributed by atoms with van der Waals surface area (Å²) in [6, 6.07) is 5.64. The van der Waals surface area contributed by atoms with E-state index in [4.69, 9.17) is 21.4 Å². The van der Waals surface area contributed by atoms with Crippen LogP contribution in [0.5, 0.6) is 5.75 Å². The summed E-state index contributed by atoms with van der Waals surface area (Å²) in [7, 11) is 1.62. The molecule has 1 aliphatic rings. The van der Waals surface area contributed by atoms with Gasteiger partial charge in [-0.3, -0.25) is 4.79 Å². The molecule has 2 aromatic rings. The third-order valence-corrected chi connectivity index (χ3v) is 3.90. The maximum Gasteiger partial charge on any atom is 0.263 e. The lowest BCUT2D eigenvalue weighted by molar-refractivity contribution is -0.115. The SMILES string of the molecule is COc1ccc2c(C=C3SC(=S)NC3=O)occ2c1. The maximum absolute atomic E-state index is 11.6. The van der Waals surface area contributed by atoms with Gasteiger partial charge in [0.25, 0.3) is 5.91 Å². The molecule has 1 aliphatic heterocycles. The van der Waals surface area contributed by atoms with Crippen molar-refractivity contribution in [3.63, 3.8) is 0 Å². The molecule has 0 radical (unpaired) electrons. The molecule has 96 valence electrons. The van der Waals surface area contributed by atoms with Gasteiger partial charge in [0, 0.05) is 16.8 Å². The highest BCUT2D eigenvalue weighted by Gasteiger charge is 2.22. The normalized spacial score (nSPS) is 17.2. The first-order chi connectivity index (χ1) is 9.17. The van der Waals surface area contributed by atoms with Gasteiger partial charge in [-0.05, 0) is 18.2 Å². The number of fused-ring (bicyclic) bond motifs is 1. The zero-order chi connectivity index (χ0) is 13.4. The van der Waals surface area contributed by atoms with Crippen LogP contribution >= 0.6 is 24.0 Å². The number of rotatable bonds is 2. The molecule has 0 atom stereocenters. The third-order valence-electron chi connectivity index (χ3n) is 2.74. The smallest absolute Gasteiger partial charge is 0.263 e. The molecule has 0 saturated carbocycles. The molecule has 2 heterocycles. The molecule has 0 unspecified atom stereocenters.